The van der Waals surface area contributed by atoms with Crippen molar-refractivity contribution in [3.63, 3.8) is 0 Å². The Bertz CT molecular complexity index is 480. The monoisotopic (exact) mass is 292 g/mol. The molecule has 2 aliphatic rings. The summed E-state index contributed by atoms with van der Waals surface area (Å²) >= 11 is 0. The van der Waals surface area contributed by atoms with Crippen LogP contribution in [-0.4, -0.2) is 34.3 Å². The third kappa shape index (κ3) is 3.52. The fraction of sp³-hybridized carbons (Fsp3) is 0.750. The second-order valence-electron chi connectivity index (χ2n) is 6.15. The van der Waals surface area contributed by atoms with Crippen LogP contribution in [0.15, 0.2) is 6.20 Å². The number of rotatable bonds is 6. The molecular formula is C16H24N2O3. The minimum absolute atomic E-state index is 0.162. The molecule has 3 heterocycles. The van der Waals surface area contributed by atoms with E-state index < -0.39 is 5.79 Å². The van der Waals surface area contributed by atoms with Gasteiger partial charge in [0.15, 0.2) is 11.6 Å². The average molecular weight is 292 g/mol. The molecule has 0 saturated carbocycles. The van der Waals surface area contributed by atoms with Gasteiger partial charge in [-0.1, -0.05) is 0 Å². The molecule has 2 aliphatic heterocycles. The van der Waals surface area contributed by atoms with E-state index >= 15 is 0 Å². The summed E-state index contributed by atoms with van der Waals surface area (Å²) in [6.45, 7) is 4.33. The highest BCUT2D eigenvalue weighted by atomic mass is 16.7. The number of imidazole rings is 1. The quantitative estimate of drug-likeness (QED) is 0.597. The molecule has 5 nitrogen and oxygen atoms in total. The van der Waals surface area contributed by atoms with Crippen LogP contribution < -0.4 is 0 Å². The van der Waals surface area contributed by atoms with E-state index in [1.165, 1.54) is 12.8 Å². The lowest BCUT2D eigenvalue weighted by Gasteiger charge is -2.21. The first-order valence-electron chi connectivity index (χ1n) is 8.03. The van der Waals surface area contributed by atoms with E-state index in [9.17, 15) is 4.79 Å². The lowest BCUT2D eigenvalue weighted by Crippen LogP contribution is -2.25. The maximum atomic E-state index is 12.2. The highest BCUT2D eigenvalue weighted by Gasteiger charge is 2.30. The van der Waals surface area contributed by atoms with Crippen LogP contribution in [0.1, 0.15) is 61.8 Å². The lowest BCUT2D eigenvalue weighted by molar-refractivity contribution is -0.147. The zero-order valence-corrected chi connectivity index (χ0v) is 12.8. The van der Waals surface area contributed by atoms with Crippen molar-refractivity contribution in [1.82, 2.24) is 9.55 Å². The summed E-state index contributed by atoms with van der Waals surface area (Å²) in [5.74, 6) is 0.802. The highest BCUT2D eigenvalue weighted by Crippen LogP contribution is 2.25. The number of unbranched alkanes of at least 4 members (excludes halogenated alkanes) is 1. The molecule has 0 N–H and O–H groups in total. The molecule has 0 aliphatic carbocycles. The first-order valence-corrected chi connectivity index (χ1v) is 8.03. The van der Waals surface area contributed by atoms with Gasteiger partial charge in [-0.15, -0.1) is 0 Å². The van der Waals surface area contributed by atoms with Crippen molar-refractivity contribution in [2.24, 2.45) is 0 Å². The third-order valence-corrected chi connectivity index (χ3v) is 4.38. The van der Waals surface area contributed by atoms with E-state index in [0.29, 0.717) is 25.3 Å². The molecule has 1 saturated heterocycles. The molecule has 0 bridgehead atoms. The largest absolute Gasteiger partial charge is 0.348 e. The topological polar surface area (TPSA) is 53.4 Å². The molecule has 116 valence electrons. The van der Waals surface area contributed by atoms with Crippen molar-refractivity contribution < 1.29 is 14.3 Å². The maximum Gasteiger partial charge on any atom is 0.182 e. The minimum atomic E-state index is -0.434. The van der Waals surface area contributed by atoms with Gasteiger partial charge in [0.1, 0.15) is 11.5 Å². The molecule has 0 unspecified atom stereocenters. The lowest BCUT2D eigenvalue weighted by atomic mass is 10.1. The Morgan fingerprint density at radius 3 is 2.90 bits per heavy atom. The standard InChI is InChI=1S/C16H24N2O3/c1-16(20-10-11-21-16)8-4-2-6-14(19)13-12-18-9-5-3-7-15(18)17-13/h12H,2-11H2,1H3. The number of hydrogen-bond donors (Lipinski definition) is 0. The number of Topliss-reactive ketones (excluding diaryl/α,β-unsaturated/α-hetero) is 1. The van der Waals surface area contributed by atoms with Crippen LogP contribution in [0.5, 0.6) is 0 Å². The van der Waals surface area contributed by atoms with Crippen LogP contribution in [0.4, 0.5) is 0 Å². The van der Waals surface area contributed by atoms with E-state index in [-0.39, 0.29) is 5.78 Å². The Morgan fingerprint density at radius 2 is 2.14 bits per heavy atom. The molecule has 0 amide bonds. The number of aryl methyl sites for hydroxylation is 2. The Kier molecular flexibility index (Phi) is 4.40. The zero-order valence-electron chi connectivity index (χ0n) is 12.8. The minimum Gasteiger partial charge on any atom is -0.348 e. The van der Waals surface area contributed by atoms with E-state index in [2.05, 4.69) is 9.55 Å². The summed E-state index contributed by atoms with van der Waals surface area (Å²) in [5.41, 5.74) is 0.645. The Labute approximate surface area is 125 Å². The number of carbonyl (C=O) groups excluding carboxylic acids is 1. The predicted octanol–water partition coefficient (Wildman–Crippen LogP) is 2.73. The van der Waals surface area contributed by atoms with Gasteiger partial charge < -0.3 is 14.0 Å². The number of fused-ring (bicyclic) bond motifs is 1. The third-order valence-electron chi connectivity index (χ3n) is 4.38. The first kappa shape index (κ1) is 14.7. The smallest absolute Gasteiger partial charge is 0.182 e. The molecular weight excluding hydrogens is 268 g/mol. The van der Waals surface area contributed by atoms with Gasteiger partial charge in [0.25, 0.3) is 0 Å². The van der Waals surface area contributed by atoms with Gasteiger partial charge in [-0.2, -0.15) is 0 Å². The molecule has 0 spiro atoms. The summed E-state index contributed by atoms with van der Waals surface area (Å²) in [6, 6.07) is 0. The number of hydrogen-bond acceptors (Lipinski definition) is 4. The van der Waals surface area contributed by atoms with Crippen molar-refractivity contribution in [2.75, 3.05) is 13.2 Å². The van der Waals surface area contributed by atoms with Gasteiger partial charge in [0.05, 0.1) is 13.2 Å². The van der Waals surface area contributed by atoms with Crippen LogP contribution >= 0.6 is 0 Å². The molecule has 0 radical (unpaired) electrons. The van der Waals surface area contributed by atoms with E-state index in [1.54, 1.807) is 0 Å². The van der Waals surface area contributed by atoms with Crippen LogP contribution in [0.2, 0.25) is 0 Å². The number of carbonyl (C=O) groups is 1. The zero-order chi connectivity index (χ0) is 14.7. The van der Waals surface area contributed by atoms with Crippen molar-refractivity contribution in [3.05, 3.63) is 17.7 Å². The van der Waals surface area contributed by atoms with E-state index in [0.717, 1.165) is 38.1 Å². The van der Waals surface area contributed by atoms with Crippen molar-refractivity contribution >= 4 is 5.78 Å². The van der Waals surface area contributed by atoms with Gasteiger partial charge in [-0.3, -0.25) is 4.79 Å². The normalized spacial score (nSPS) is 20.4. The molecule has 0 aromatic carbocycles. The van der Waals surface area contributed by atoms with Gasteiger partial charge in [0.2, 0.25) is 0 Å². The second kappa shape index (κ2) is 6.28. The number of ketones is 1. The average Bonchev–Trinajstić information content (AvgIpc) is 3.10. The summed E-state index contributed by atoms with van der Waals surface area (Å²) in [5, 5.41) is 0. The molecule has 1 aromatic rings. The molecule has 3 rings (SSSR count). The van der Waals surface area contributed by atoms with Gasteiger partial charge in [-0.05, 0) is 32.6 Å². The Morgan fingerprint density at radius 1 is 1.33 bits per heavy atom. The van der Waals surface area contributed by atoms with Gasteiger partial charge in [-0.25, -0.2) is 4.98 Å². The van der Waals surface area contributed by atoms with Crippen LogP contribution in [0.25, 0.3) is 0 Å². The summed E-state index contributed by atoms with van der Waals surface area (Å²) in [4.78, 5) is 16.7. The fourth-order valence-corrected chi connectivity index (χ4v) is 3.11. The first-order chi connectivity index (χ1) is 10.2. The summed E-state index contributed by atoms with van der Waals surface area (Å²) < 4.78 is 13.3. The van der Waals surface area contributed by atoms with Crippen molar-refractivity contribution in [3.8, 4) is 0 Å². The Hall–Kier alpha value is -1.20. The fourth-order valence-electron chi connectivity index (χ4n) is 3.11. The van der Waals surface area contributed by atoms with Crippen molar-refractivity contribution in [2.45, 2.75) is 64.2 Å². The van der Waals surface area contributed by atoms with E-state index in [4.69, 9.17) is 9.47 Å². The molecule has 5 heteroatoms. The van der Waals surface area contributed by atoms with Crippen LogP contribution in [0, 0.1) is 0 Å². The molecule has 21 heavy (non-hydrogen) atoms. The van der Waals surface area contributed by atoms with Crippen LogP contribution in [0.3, 0.4) is 0 Å². The predicted molar refractivity (Wildman–Crippen MR) is 78.3 cm³/mol. The van der Waals surface area contributed by atoms with Crippen molar-refractivity contribution in [1.29, 1.82) is 0 Å². The SMILES string of the molecule is CC1(CCCCC(=O)c2cn3c(n2)CCCC3)OCCO1. The maximum absolute atomic E-state index is 12.2. The number of nitrogens with zero attached hydrogens (tertiary/aromatic N) is 2. The number of aromatic nitrogens is 2. The molecule has 1 aromatic heterocycles. The summed E-state index contributed by atoms with van der Waals surface area (Å²) in [6.07, 6.45) is 8.52. The van der Waals surface area contributed by atoms with Gasteiger partial charge >= 0.3 is 0 Å². The second-order valence-corrected chi connectivity index (χ2v) is 6.15. The molecule has 1 fully saturated rings. The van der Waals surface area contributed by atoms with Gasteiger partial charge in [0, 0.05) is 32.0 Å². The number of ether oxygens (including phenoxy) is 2. The van der Waals surface area contributed by atoms with Crippen LogP contribution in [-0.2, 0) is 22.4 Å². The Balaban J connectivity index is 1.45. The molecule has 0 atom stereocenters. The van der Waals surface area contributed by atoms with E-state index in [1.807, 2.05) is 13.1 Å². The highest BCUT2D eigenvalue weighted by molar-refractivity contribution is 5.94. The summed E-state index contributed by atoms with van der Waals surface area (Å²) in [7, 11) is 0.